The maximum atomic E-state index is 12.9. The zero-order valence-corrected chi connectivity index (χ0v) is 15.9. The second-order valence-electron chi connectivity index (χ2n) is 5.34. The predicted molar refractivity (Wildman–Crippen MR) is 95.6 cm³/mol. The Labute approximate surface area is 156 Å². The van der Waals surface area contributed by atoms with Crippen LogP contribution >= 0.6 is 11.6 Å². The van der Waals surface area contributed by atoms with Crippen LogP contribution in [0.1, 0.15) is 5.69 Å². The Kier molecular flexibility index (Phi) is 4.83. The molecule has 2 aromatic carbocycles. The fourth-order valence-electron chi connectivity index (χ4n) is 2.22. The van der Waals surface area contributed by atoms with E-state index < -0.39 is 29.9 Å². The summed E-state index contributed by atoms with van der Waals surface area (Å²) in [7, 11) is -8.19. The number of aryl methyl sites for hydroxylation is 1. The standard InChI is InChI=1S/C17H13ClN2O4S2/c1-12-15(18)16(25(21,22)13-8-4-2-5-9-13)20-17(19-12)26(23,24)14-10-6-3-7-11-14/h2-11H,1H3. The fraction of sp³-hybridized carbons (Fsp3) is 0.0588. The van der Waals surface area contributed by atoms with E-state index in [9.17, 15) is 16.8 Å². The largest absolute Gasteiger partial charge is 0.253 e. The Morgan fingerprint density at radius 3 is 1.69 bits per heavy atom. The van der Waals surface area contributed by atoms with E-state index >= 15 is 0 Å². The quantitative estimate of drug-likeness (QED) is 0.486. The molecular weight excluding hydrogens is 396 g/mol. The Balaban J connectivity index is 2.25. The number of halogens is 1. The molecule has 0 saturated heterocycles. The van der Waals surface area contributed by atoms with Crippen LogP contribution in [0, 0.1) is 6.92 Å². The van der Waals surface area contributed by atoms with Crippen molar-refractivity contribution in [3.63, 3.8) is 0 Å². The van der Waals surface area contributed by atoms with Crippen molar-refractivity contribution in [3.8, 4) is 0 Å². The number of nitrogens with zero attached hydrogens (tertiary/aromatic N) is 2. The lowest BCUT2D eigenvalue weighted by atomic mass is 10.4. The van der Waals surface area contributed by atoms with Gasteiger partial charge in [0, 0.05) is 0 Å². The minimum Gasteiger partial charge on any atom is -0.222 e. The Morgan fingerprint density at radius 1 is 0.731 bits per heavy atom. The number of aromatic nitrogens is 2. The molecule has 0 atom stereocenters. The van der Waals surface area contributed by atoms with E-state index in [0.717, 1.165) is 0 Å². The summed E-state index contributed by atoms with van der Waals surface area (Å²) in [6.07, 6.45) is 0. The van der Waals surface area contributed by atoms with E-state index in [4.69, 9.17) is 11.6 Å². The fourth-order valence-corrected chi connectivity index (χ4v) is 5.19. The van der Waals surface area contributed by atoms with Crippen LogP contribution in [0.25, 0.3) is 0 Å². The zero-order valence-electron chi connectivity index (χ0n) is 13.5. The second-order valence-corrected chi connectivity index (χ2v) is 9.43. The molecule has 3 aromatic rings. The van der Waals surface area contributed by atoms with Gasteiger partial charge in [0.05, 0.1) is 20.5 Å². The first-order valence-corrected chi connectivity index (χ1v) is 10.7. The number of benzene rings is 2. The molecule has 0 aliphatic heterocycles. The molecule has 134 valence electrons. The van der Waals surface area contributed by atoms with E-state index in [2.05, 4.69) is 9.97 Å². The molecule has 0 radical (unpaired) electrons. The van der Waals surface area contributed by atoms with Gasteiger partial charge in [-0.3, -0.25) is 0 Å². The summed E-state index contributed by atoms with van der Waals surface area (Å²) in [5, 5.41) is -1.35. The summed E-state index contributed by atoms with van der Waals surface area (Å²) >= 11 is 6.10. The third-order valence-electron chi connectivity index (χ3n) is 3.57. The molecular formula is C17H13ClN2O4S2. The minimum atomic E-state index is -4.10. The van der Waals surface area contributed by atoms with Gasteiger partial charge in [0.2, 0.25) is 19.7 Å². The third-order valence-corrected chi connectivity index (χ3v) is 7.39. The van der Waals surface area contributed by atoms with Crippen LogP contribution < -0.4 is 0 Å². The average Bonchev–Trinajstić information content (AvgIpc) is 2.65. The highest BCUT2D eigenvalue weighted by Crippen LogP contribution is 2.29. The van der Waals surface area contributed by atoms with Gasteiger partial charge in [-0.05, 0) is 31.2 Å². The lowest BCUT2D eigenvalue weighted by Crippen LogP contribution is -2.14. The van der Waals surface area contributed by atoms with E-state index in [0.29, 0.717) is 0 Å². The van der Waals surface area contributed by atoms with E-state index in [1.54, 1.807) is 36.4 Å². The van der Waals surface area contributed by atoms with Crippen LogP contribution in [0.5, 0.6) is 0 Å². The number of rotatable bonds is 4. The summed E-state index contributed by atoms with van der Waals surface area (Å²) < 4.78 is 51.2. The van der Waals surface area contributed by atoms with Gasteiger partial charge in [0.25, 0.3) is 5.16 Å². The Bertz CT molecular complexity index is 1160. The number of hydrogen-bond acceptors (Lipinski definition) is 6. The summed E-state index contributed by atoms with van der Waals surface area (Å²) in [6, 6.07) is 15.1. The van der Waals surface area contributed by atoms with E-state index in [-0.39, 0.29) is 20.5 Å². The third kappa shape index (κ3) is 3.23. The van der Waals surface area contributed by atoms with Crippen molar-refractivity contribution in [2.24, 2.45) is 0 Å². The van der Waals surface area contributed by atoms with Crippen LogP contribution in [0.15, 0.2) is 80.6 Å². The SMILES string of the molecule is Cc1nc(S(=O)(=O)c2ccccc2)nc(S(=O)(=O)c2ccccc2)c1Cl. The van der Waals surface area contributed by atoms with Crippen LogP contribution in [0.4, 0.5) is 0 Å². The molecule has 9 heteroatoms. The molecule has 0 N–H and O–H groups in total. The molecule has 0 unspecified atom stereocenters. The van der Waals surface area contributed by atoms with Gasteiger partial charge in [-0.1, -0.05) is 48.0 Å². The monoisotopic (exact) mass is 408 g/mol. The summed E-state index contributed by atoms with van der Waals surface area (Å²) in [6.45, 7) is 1.43. The molecule has 0 saturated carbocycles. The predicted octanol–water partition coefficient (Wildman–Crippen LogP) is 3.10. The molecule has 1 heterocycles. The average molecular weight is 409 g/mol. The maximum Gasteiger partial charge on any atom is 0.253 e. The van der Waals surface area contributed by atoms with Gasteiger partial charge in [-0.2, -0.15) is 0 Å². The summed E-state index contributed by atoms with van der Waals surface area (Å²) in [5.41, 5.74) is 0.0608. The maximum absolute atomic E-state index is 12.9. The Hall–Kier alpha value is -2.29. The van der Waals surface area contributed by atoms with Crippen molar-refractivity contribution in [1.82, 2.24) is 9.97 Å². The van der Waals surface area contributed by atoms with Crippen LogP contribution in [0.3, 0.4) is 0 Å². The highest BCUT2D eigenvalue weighted by Gasteiger charge is 2.29. The van der Waals surface area contributed by atoms with Crippen molar-refractivity contribution < 1.29 is 16.8 Å². The lowest BCUT2D eigenvalue weighted by molar-refractivity contribution is 0.577. The van der Waals surface area contributed by atoms with Crippen LogP contribution in [-0.2, 0) is 19.7 Å². The van der Waals surface area contributed by atoms with Gasteiger partial charge < -0.3 is 0 Å². The van der Waals surface area contributed by atoms with Gasteiger partial charge in [0.15, 0.2) is 5.03 Å². The normalized spacial score (nSPS) is 12.1. The van der Waals surface area contributed by atoms with Crippen molar-refractivity contribution >= 4 is 31.3 Å². The van der Waals surface area contributed by atoms with Crippen molar-refractivity contribution in [3.05, 3.63) is 71.4 Å². The number of sulfone groups is 2. The Morgan fingerprint density at radius 2 is 1.19 bits per heavy atom. The molecule has 0 spiro atoms. The molecule has 0 fully saturated rings. The van der Waals surface area contributed by atoms with Gasteiger partial charge in [-0.15, -0.1) is 0 Å². The van der Waals surface area contributed by atoms with Gasteiger partial charge >= 0.3 is 0 Å². The highest BCUT2D eigenvalue weighted by molar-refractivity contribution is 7.92. The summed E-state index contributed by atoms with van der Waals surface area (Å²) in [4.78, 5) is 7.63. The van der Waals surface area contributed by atoms with Crippen LogP contribution in [0.2, 0.25) is 5.02 Å². The first-order valence-electron chi connectivity index (χ1n) is 7.39. The first-order chi connectivity index (χ1) is 12.2. The molecule has 3 rings (SSSR count). The van der Waals surface area contributed by atoms with E-state index in [1.807, 2.05) is 0 Å². The van der Waals surface area contributed by atoms with Gasteiger partial charge in [-0.25, -0.2) is 26.8 Å². The molecule has 6 nitrogen and oxygen atoms in total. The van der Waals surface area contributed by atoms with Crippen molar-refractivity contribution in [2.45, 2.75) is 26.9 Å². The smallest absolute Gasteiger partial charge is 0.222 e. The molecule has 0 aliphatic rings. The minimum absolute atomic E-state index is 0.0372. The molecule has 26 heavy (non-hydrogen) atoms. The van der Waals surface area contributed by atoms with Crippen LogP contribution in [-0.4, -0.2) is 26.8 Å². The van der Waals surface area contributed by atoms with Crippen molar-refractivity contribution in [1.29, 1.82) is 0 Å². The number of hydrogen-bond donors (Lipinski definition) is 0. The second kappa shape index (κ2) is 6.79. The molecule has 1 aromatic heterocycles. The first kappa shape index (κ1) is 18.5. The highest BCUT2D eigenvalue weighted by atomic mass is 35.5. The zero-order chi connectivity index (χ0) is 18.9. The molecule has 0 bridgehead atoms. The lowest BCUT2D eigenvalue weighted by Gasteiger charge is -2.10. The molecule has 0 aliphatic carbocycles. The summed E-state index contributed by atoms with van der Waals surface area (Å²) in [5.74, 6) is 0. The van der Waals surface area contributed by atoms with Gasteiger partial charge in [0.1, 0.15) is 0 Å². The van der Waals surface area contributed by atoms with Crippen molar-refractivity contribution in [2.75, 3.05) is 0 Å². The van der Waals surface area contributed by atoms with E-state index in [1.165, 1.54) is 31.2 Å². The molecule has 0 amide bonds. The topological polar surface area (TPSA) is 94.1 Å².